The number of rotatable bonds is 7. The topological polar surface area (TPSA) is 106 Å². The molecule has 0 aliphatic carbocycles. The van der Waals surface area contributed by atoms with Crippen LogP contribution in [0.5, 0.6) is 0 Å². The fourth-order valence-electron chi connectivity index (χ4n) is 3.78. The third-order valence-electron chi connectivity index (χ3n) is 5.34. The van der Waals surface area contributed by atoms with Gasteiger partial charge in [0.15, 0.2) is 6.29 Å². The minimum Gasteiger partial charge on any atom is -0.462 e. The van der Waals surface area contributed by atoms with Crippen molar-refractivity contribution in [2.24, 2.45) is 5.92 Å². The van der Waals surface area contributed by atoms with Gasteiger partial charge in [0.2, 0.25) is 5.91 Å². The summed E-state index contributed by atoms with van der Waals surface area (Å²) in [6.45, 7) is 6.66. The van der Waals surface area contributed by atoms with Crippen molar-refractivity contribution in [1.82, 2.24) is 10.2 Å². The minimum absolute atomic E-state index is 0.120. The zero-order chi connectivity index (χ0) is 21.7. The van der Waals surface area contributed by atoms with Crippen molar-refractivity contribution in [1.29, 1.82) is 0 Å². The van der Waals surface area contributed by atoms with Gasteiger partial charge in [0, 0.05) is 13.0 Å². The first kappa shape index (κ1) is 22.7. The van der Waals surface area contributed by atoms with Gasteiger partial charge in [0.25, 0.3) is 5.91 Å². The van der Waals surface area contributed by atoms with Crippen molar-refractivity contribution in [3.63, 3.8) is 0 Å². The van der Waals surface area contributed by atoms with Crippen LogP contribution in [0.15, 0.2) is 0 Å². The number of amides is 2. The second-order valence-corrected chi connectivity index (χ2v) is 8.35. The van der Waals surface area contributed by atoms with Crippen LogP contribution in [0.1, 0.15) is 45.4 Å². The van der Waals surface area contributed by atoms with Crippen LogP contribution >= 0.6 is 11.3 Å². The number of hydrogen-bond acceptors (Lipinski definition) is 8. The summed E-state index contributed by atoms with van der Waals surface area (Å²) < 4.78 is 16.3. The molecule has 2 saturated heterocycles. The molecule has 2 amide bonds. The smallest absolute Gasteiger partial charge is 0.341 e. The van der Waals surface area contributed by atoms with Crippen molar-refractivity contribution >= 4 is 34.1 Å². The van der Waals surface area contributed by atoms with Crippen molar-refractivity contribution in [2.45, 2.75) is 33.0 Å². The van der Waals surface area contributed by atoms with E-state index in [0.29, 0.717) is 34.6 Å². The minimum atomic E-state index is -0.547. The van der Waals surface area contributed by atoms with E-state index < -0.39 is 5.97 Å². The Morgan fingerprint density at radius 1 is 1.20 bits per heavy atom. The van der Waals surface area contributed by atoms with Gasteiger partial charge in [-0.25, -0.2) is 4.79 Å². The van der Waals surface area contributed by atoms with E-state index in [9.17, 15) is 14.4 Å². The number of nitrogens with zero attached hydrogens (tertiary/aromatic N) is 1. The third-order valence-corrected chi connectivity index (χ3v) is 6.55. The van der Waals surface area contributed by atoms with Crippen LogP contribution in [0.2, 0.25) is 0 Å². The average molecular weight is 440 g/mol. The summed E-state index contributed by atoms with van der Waals surface area (Å²) in [5.41, 5.74) is 0.744. The number of carbonyl (C=O) groups excluding carboxylic acids is 3. The lowest BCUT2D eigenvalue weighted by Crippen LogP contribution is -2.41. The molecule has 3 rings (SSSR count). The molecule has 1 aromatic heterocycles. The Labute approximate surface area is 180 Å². The summed E-state index contributed by atoms with van der Waals surface area (Å²) in [6, 6.07) is 0. The Morgan fingerprint density at radius 2 is 1.87 bits per heavy atom. The highest BCUT2D eigenvalue weighted by molar-refractivity contribution is 7.18. The van der Waals surface area contributed by atoms with Crippen LogP contribution in [0.4, 0.5) is 5.00 Å². The summed E-state index contributed by atoms with van der Waals surface area (Å²) in [7, 11) is 1.52. The maximum Gasteiger partial charge on any atom is 0.341 e. The van der Waals surface area contributed by atoms with Crippen LogP contribution in [0.25, 0.3) is 0 Å². The predicted octanol–water partition coefficient (Wildman–Crippen LogP) is 1.62. The predicted molar refractivity (Wildman–Crippen MR) is 112 cm³/mol. The van der Waals surface area contributed by atoms with E-state index >= 15 is 0 Å². The molecule has 0 radical (unpaired) electrons. The quantitative estimate of drug-likeness (QED) is 0.622. The first-order valence-corrected chi connectivity index (χ1v) is 11.0. The van der Waals surface area contributed by atoms with Gasteiger partial charge in [0.05, 0.1) is 36.8 Å². The monoisotopic (exact) mass is 439 g/mol. The van der Waals surface area contributed by atoms with E-state index in [2.05, 4.69) is 15.5 Å². The molecule has 0 spiro atoms. The zero-order valence-corrected chi connectivity index (χ0v) is 18.4. The van der Waals surface area contributed by atoms with E-state index in [4.69, 9.17) is 14.2 Å². The maximum atomic E-state index is 12.7. The lowest BCUT2D eigenvalue weighted by atomic mass is 9.96. The number of thiophene rings is 1. The Morgan fingerprint density at radius 3 is 2.47 bits per heavy atom. The summed E-state index contributed by atoms with van der Waals surface area (Å²) >= 11 is 1.08. The molecule has 0 unspecified atom stereocenters. The van der Waals surface area contributed by atoms with Gasteiger partial charge >= 0.3 is 5.97 Å². The van der Waals surface area contributed by atoms with E-state index in [0.717, 1.165) is 37.3 Å². The number of carbonyl (C=O) groups is 3. The normalized spacial score (nSPS) is 18.4. The van der Waals surface area contributed by atoms with Crippen LogP contribution < -0.4 is 10.6 Å². The number of anilines is 1. The molecule has 2 fully saturated rings. The number of esters is 1. The largest absolute Gasteiger partial charge is 0.462 e. The molecule has 10 heteroatoms. The fraction of sp³-hybridized carbons (Fsp3) is 0.650. The highest BCUT2D eigenvalue weighted by Crippen LogP contribution is 2.34. The summed E-state index contributed by atoms with van der Waals surface area (Å²) in [5.74, 6) is -0.717. The van der Waals surface area contributed by atoms with Gasteiger partial charge in [-0.2, -0.15) is 0 Å². The molecule has 0 atom stereocenters. The Kier molecular flexibility index (Phi) is 7.81. The number of hydrogen-bond donors (Lipinski definition) is 2. The maximum absolute atomic E-state index is 12.7. The van der Waals surface area contributed by atoms with Crippen LogP contribution in [0, 0.1) is 12.8 Å². The molecular weight excluding hydrogens is 410 g/mol. The molecule has 2 aliphatic heterocycles. The molecular formula is C20H29N3O6S. The van der Waals surface area contributed by atoms with E-state index in [1.54, 1.807) is 13.8 Å². The van der Waals surface area contributed by atoms with E-state index in [1.165, 1.54) is 7.05 Å². The van der Waals surface area contributed by atoms with Crippen LogP contribution in [-0.4, -0.2) is 75.5 Å². The highest BCUT2D eigenvalue weighted by atomic mass is 32.1. The van der Waals surface area contributed by atoms with Gasteiger partial charge in [-0.3, -0.25) is 14.5 Å². The summed E-state index contributed by atoms with van der Waals surface area (Å²) in [5, 5.41) is 5.71. The van der Waals surface area contributed by atoms with Crippen molar-refractivity contribution in [3.05, 3.63) is 16.0 Å². The Bertz CT molecular complexity index is 782. The molecule has 30 heavy (non-hydrogen) atoms. The van der Waals surface area contributed by atoms with Gasteiger partial charge in [0.1, 0.15) is 5.00 Å². The van der Waals surface area contributed by atoms with Gasteiger partial charge in [-0.05, 0) is 45.3 Å². The first-order chi connectivity index (χ1) is 14.4. The molecule has 0 bridgehead atoms. The molecule has 0 saturated carbocycles. The molecule has 2 N–H and O–H groups in total. The van der Waals surface area contributed by atoms with Gasteiger partial charge in [-0.1, -0.05) is 0 Å². The molecule has 1 aromatic rings. The molecule has 9 nitrogen and oxygen atoms in total. The number of ether oxygens (including phenoxy) is 3. The van der Waals surface area contributed by atoms with Crippen molar-refractivity contribution in [3.8, 4) is 0 Å². The lowest BCUT2D eigenvalue weighted by Gasteiger charge is -2.33. The average Bonchev–Trinajstić information content (AvgIpc) is 3.36. The molecule has 2 aliphatic rings. The van der Waals surface area contributed by atoms with Gasteiger partial charge in [-0.15, -0.1) is 11.3 Å². The fourth-order valence-corrected chi connectivity index (χ4v) is 4.94. The third kappa shape index (κ3) is 5.18. The summed E-state index contributed by atoms with van der Waals surface area (Å²) in [6.07, 6.45) is 1.70. The number of likely N-dealkylation sites (tertiary alicyclic amines) is 1. The van der Waals surface area contributed by atoms with Crippen molar-refractivity contribution < 1.29 is 28.6 Å². The number of piperidine rings is 1. The second-order valence-electron chi connectivity index (χ2n) is 7.33. The van der Waals surface area contributed by atoms with Crippen LogP contribution in [-0.2, 0) is 19.0 Å². The molecule has 3 heterocycles. The molecule has 166 valence electrons. The number of nitrogens with one attached hydrogen (secondary N) is 2. The Balaban J connectivity index is 1.63. The standard InChI is InChI=1S/C20H29N3O6S/c1-4-27-19(26)15-12(2)16(17(25)21-3)30-18(15)22-14(24)11-23-7-5-13(6-8-23)20-28-9-10-29-20/h13,20H,4-11H2,1-3H3,(H,21,25)(H,22,24). The highest BCUT2D eigenvalue weighted by Gasteiger charge is 2.31. The van der Waals surface area contributed by atoms with Crippen LogP contribution in [0.3, 0.4) is 0 Å². The van der Waals surface area contributed by atoms with Gasteiger partial charge < -0.3 is 24.8 Å². The SMILES string of the molecule is CCOC(=O)c1c(NC(=O)CN2CCC(C3OCCO3)CC2)sc(C(=O)NC)c1C. The molecule has 0 aromatic carbocycles. The van der Waals surface area contributed by atoms with E-state index in [-0.39, 0.29) is 36.8 Å². The summed E-state index contributed by atoms with van der Waals surface area (Å²) in [4.78, 5) is 39.7. The Hall–Kier alpha value is -2.01. The first-order valence-electron chi connectivity index (χ1n) is 10.2. The second kappa shape index (κ2) is 10.3. The zero-order valence-electron chi connectivity index (χ0n) is 17.6. The lowest BCUT2D eigenvalue weighted by molar-refractivity contribution is -0.119. The van der Waals surface area contributed by atoms with Crippen molar-refractivity contribution in [2.75, 3.05) is 51.8 Å². The van der Waals surface area contributed by atoms with E-state index in [1.807, 2.05) is 0 Å².